The zero-order chi connectivity index (χ0) is 13.7. The third-order valence-electron chi connectivity index (χ3n) is 4.89. The molecule has 110 valence electrons. The van der Waals surface area contributed by atoms with Gasteiger partial charge in [0.05, 0.1) is 0 Å². The lowest BCUT2D eigenvalue weighted by molar-refractivity contribution is -0.135. The second-order valence-corrected chi connectivity index (χ2v) is 6.17. The van der Waals surface area contributed by atoms with Gasteiger partial charge in [0.15, 0.2) is 0 Å². The van der Waals surface area contributed by atoms with Crippen LogP contribution in [-0.4, -0.2) is 43.7 Å². The number of carbonyl (C=O) groups excluding carboxylic acids is 1. The molecule has 0 spiro atoms. The average Bonchev–Trinajstić information content (AvgIpc) is 2.48. The van der Waals surface area contributed by atoms with E-state index in [9.17, 15) is 4.79 Å². The Kier molecular flexibility index (Phi) is 5.64. The summed E-state index contributed by atoms with van der Waals surface area (Å²) in [4.78, 5) is 14.3. The molecule has 0 atom stereocenters. The second-order valence-electron chi connectivity index (χ2n) is 6.17. The molecule has 4 heteroatoms. The van der Waals surface area contributed by atoms with Gasteiger partial charge >= 0.3 is 0 Å². The van der Waals surface area contributed by atoms with E-state index in [4.69, 9.17) is 10.5 Å². The molecular formula is C15H28N2O2. The fraction of sp³-hybridized carbons (Fsp3) is 0.933. The van der Waals surface area contributed by atoms with Gasteiger partial charge in [-0.3, -0.25) is 4.79 Å². The van der Waals surface area contributed by atoms with Crippen LogP contribution < -0.4 is 5.73 Å². The highest BCUT2D eigenvalue weighted by atomic mass is 16.5. The van der Waals surface area contributed by atoms with E-state index < -0.39 is 0 Å². The molecule has 1 saturated heterocycles. The van der Waals surface area contributed by atoms with Crippen molar-refractivity contribution in [2.75, 3.05) is 26.8 Å². The van der Waals surface area contributed by atoms with Crippen molar-refractivity contribution in [3.63, 3.8) is 0 Å². The first-order valence-corrected chi connectivity index (χ1v) is 7.74. The number of ether oxygens (including phenoxy) is 1. The van der Waals surface area contributed by atoms with Crippen molar-refractivity contribution in [1.29, 1.82) is 0 Å². The molecule has 1 amide bonds. The summed E-state index contributed by atoms with van der Waals surface area (Å²) in [6, 6.07) is 0.390. The van der Waals surface area contributed by atoms with E-state index in [1.54, 1.807) is 0 Å². The topological polar surface area (TPSA) is 55.6 Å². The van der Waals surface area contributed by atoms with Gasteiger partial charge in [0.2, 0.25) is 5.91 Å². The standard InChI is InChI=1S/C15H28N2O2/c1-17(14-6-8-19-9-7-14)15(18)10-12-2-4-13(11-16)5-3-12/h12-14H,2-11,16H2,1H3. The van der Waals surface area contributed by atoms with E-state index in [-0.39, 0.29) is 0 Å². The van der Waals surface area contributed by atoms with Crippen LogP contribution in [0, 0.1) is 11.8 Å². The molecule has 2 rings (SSSR count). The molecule has 0 bridgehead atoms. The summed E-state index contributed by atoms with van der Waals surface area (Å²) in [5, 5.41) is 0. The van der Waals surface area contributed by atoms with Crippen LogP contribution in [0.4, 0.5) is 0 Å². The van der Waals surface area contributed by atoms with Crippen molar-refractivity contribution in [2.45, 2.75) is 51.0 Å². The molecule has 1 aliphatic carbocycles. The molecule has 0 aromatic heterocycles. The highest BCUT2D eigenvalue weighted by Gasteiger charge is 2.26. The SMILES string of the molecule is CN(C(=O)CC1CCC(CN)CC1)C1CCOCC1. The Labute approximate surface area is 116 Å². The monoisotopic (exact) mass is 268 g/mol. The molecule has 2 fully saturated rings. The Morgan fingerprint density at radius 2 is 1.68 bits per heavy atom. The Morgan fingerprint density at radius 1 is 1.11 bits per heavy atom. The highest BCUT2D eigenvalue weighted by molar-refractivity contribution is 5.76. The Balaban J connectivity index is 1.74. The van der Waals surface area contributed by atoms with Crippen molar-refractivity contribution in [1.82, 2.24) is 4.90 Å². The summed E-state index contributed by atoms with van der Waals surface area (Å²) < 4.78 is 5.35. The second kappa shape index (κ2) is 7.25. The van der Waals surface area contributed by atoms with Crippen LogP contribution in [0.1, 0.15) is 44.9 Å². The zero-order valence-corrected chi connectivity index (χ0v) is 12.1. The number of amides is 1. The molecule has 0 aromatic carbocycles. The lowest BCUT2D eigenvalue weighted by atomic mass is 9.80. The first-order valence-electron chi connectivity index (χ1n) is 7.74. The van der Waals surface area contributed by atoms with Crippen molar-refractivity contribution in [2.24, 2.45) is 17.6 Å². The van der Waals surface area contributed by atoms with Crippen LogP contribution in [0.15, 0.2) is 0 Å². The molecule has 19 heavy (non-hydrogen) atoms. The van der Waals surface area contributed by atoms with E-state index in [2.05, 4.69) is 0 Å². The molecule has 0 unspecified atom stereocenters. The molecule has 0 radical (unpaired) electrons. The number of hydrogen-bond donors (Lipinski definition) is 1. The largest absolute Gasteiger partial charge is 0.381 e. The molecule has 1 saturated carbocycles. The quantitative estimate of drug-likeness (QED) is 0.845. The highest BCUT2D eigenvalue weighted by Crippen LogP contribution is 2.30. The number of nitrogens with zero attached hydrogens (tertiary/aromatic N) is 1. The van der Waals surface area contributed by atoms with Crippen molar-refractivity contribution in [3.05, 3.63) is 0 Å². The smallest absolute Gasteiger partial charge is 0.222 e. The maximum atomic E-state index is 12.3. The maximum absolute atomic E-state index is 12.3. The summed E-state index contributed by atoms with van der Waals surface area (Å²) in [6.07, 6.45) is 7.46. The first kappa shape index (κ1) is 14.8. The molecule has 0 aromatic rings. The van der Waals surface area contributed by atoms with Gasteiger partial charge in [-0.25, -0.2) is 0 Å². The van der Waals surface area contributed by atoms with Crippen molar-refractivity contribution < 1.29 is 9.53 Å². The molecule has 1 heterocycles. The van der Waals surface area contributed by atoms with Gasteiger partial charge in [0.25, 0.3) is 0 Å². The number of hydrogen-bond acceptors (Lipinski definition) is 3. The fourth-order valence-corrected chi connectivity index (χ4v) is 3.34. The summed E-state index contributed by atoms with van der Waals surface area (Å²) in [6.45, 7) is 2.40. The van der Waals surface area contributed by atoms with Gasteiger partial charge in [0.1, 0.15) is 0 Å². The summed E-state index contributed by atoms with van der Waals surface area (Å²) in [7, 11) is 1.96. The summed E-state index contributed by atoms with van der Waals surface area (Å²) >= 11 is 0. The van der Waals surface area contributed by atoms with Crippen LogP contribution in [0.5, 0.6) is 0 Å². The van der Waals surface area contributed by atoms with Gasteiger partial charge in [-0.05, 0) is 56.9 Å². The Bertz CT molecular complexity index is 282. The predicted octanol–water partition coefficient (Wildman–Crippen LogP) is 1.78. The van der Waals surface area contributed by atoms with E-state index in [0.29, 0.717) is 23.8 Å². The van der Waals surface area contributed by atoms with Crippen LogP contribution in [-0.2, 0) is 9.53 Å². The minimum atomic E-state index is 0.322. The molecule has 4 nitrogen and oxygen atoms in total. The lowest BCUT2D eigenvalue weighted by Gasteiger charge is -2.33. The normalized spacial score (nSPS) is 29.2. The fourth-order valence-electron chi connectivity index (χ4n) is 3.34. The van der Waals surface area contributed by atoms with E-state index in [0.717, 1.165) is 39.0 Å². The number of rotatable bonds is 4. The third-order valence-corrected chi connectivity index (χ3v) is 4.89. The minimum absolute atomic E-state index is 0.322. The van der Waals surface area contributed by atoms with Gasteiger partial charge in [-0.2, -0.15) is 0 Å². The molecule has 2 aliphatic rings. The van der Waals surface area contributed by atoms with E-state index >= 15 is 0 Å². The van der Waals surface area contributed by atoms with Gasteiger partial charge < -0.3 is 15.4 Å². The van der Waals surface area contributed by atoms with Gasteiger partial charge in [0, 0.05) is 32.7 Å². The van der Waals surface area contributed by atoms with E-state index in [1.807, 2.05) is 11.9 Å². The van der Waals surface area contributed by atoms with Crippen LogP contribution in [0.2, 0.25) is 0 Å². The van der Waals surface area contributed by atoms with E-state index in [1.165, 1.54) is 25.7 Å². The predicted molar refractivity (Wildman–Crippen MR) is 75.7 cm³/mol. The Morgan fingerprint density at radius 3 is 2.26 bits per heavy atom. The Hall–Kier alpha value is -0.610. The summed E-state index contributed by atoms with van der Waals surface area (Å²) in [5.41, 5.74) is 5.71. The first-order chi connectivity index (χ1) is 9.20. The van der Waals surface area contributed by atoms with Crippen LogP contribution >= 0.6 is 0 Å². The number of carbonyl (C=O) groups is 1. The van der Waals surface area contributed by atoms with Gasteiger partial charge in [-0.1, -0.05) is 0 Å². The minimum Gasteiger partial charge on any atom is -0.381 e. The van der Waals surface area contributed by atoms with Gasteiger partial charge in [-0.15, -0.1) is 0 Å². The van der Waals surface area contributed by atoms with Crippen LogP contribution in [0.25, 0.3) is 0 Å². The molecule has 1 aliphatic heterocycles. The third kappa shape index (κ3) is 4.18. The number of nitrogens with two attached hydrogens (primary N) is 1. The summed E-state index contributed by atoms with van der Waals surface area (Å²) in [5.74, 6) is 1.60. The zero-order valence-electron chi connectivity index (χ0n) is 12.1. The average molecular weight is 268 g/mol. The lowest BCUT2D eigenvalue weighted by Crippen LogP contribution is -2.41. The van der Waals surface area contributed by atoms with Crippen molar-refractivity contribution in [3.8, 4) is 0 Å². The molecule has 2 N–H and O–H groups in total. The maximum Gasteiger partial charge on any atom is 0.222 e. The van der Waals surface area contributed by atoms with Crippen LogP contribution in [0.3, 0.4) is 0 Å². The molecular weight excluding hydrogens is 240 g/mol. The van der Waals surface area contributed by atoms with Crippen molar-refractivity contribution >= 4 is 5.91 Å².